The highest BCUT2D eigenvalue weighted by Gasteiger charge is 2.42. The number of carbonyl (C=O) groups excluding carboxylic acids is 6. The number of Topliss-reactive ketones (excluding diaryl/α,β-unsaturated/α-hetero) is 1. The zero-order valence-electron chi connectivity index (χ0n) is 22.5. The number of nitrogens with zero attached hydrogens (tertiary/aromatic N) is 2. The highest BCUT2D eigenvalue weighted by Crippen LogP contribution is 2.26. The number of nitrogens with two attached hydrogens (primary N) is 1. The van der Waals surface area contributed by atoms with Crippen molar-refractivity contribution < 1.29 is 33.5 Å². The van der Waals surface area contributed by atoms with Crippen LogP contribution in [0.4, 0.5) is 9.59 Å². The van der Waals surface area contributed by atoms with Crippen LogP contribution in [-0.4, -0.2) is 96.3 Å². The molecule has 13 nitrogen and oxygen atoms in total. The lowest BCUT2D eigenvalue weighted by Gasteiger charge is -2.37. The van der Waals surface area contributed by atoms with Crippen LogP contribution in [0.15, 0.2) is 0 Å². The number of urea groups is 1. The van der Waals surface area contributed by atoms with E-state index < -0.39 is 71.1 Å². The zero-order valence-corrected chi connectivity index (χ0v) is 22.5. The van der Waals surface area contributed by atoms with Crippen molar-refractivity contribution in [2.45, 2.75) is 72.5 Å². The Morgan fingerprint density at radius 2 is 1.68 bits per heavy atom. The molecule has 0 unspecified atom stereocenters. The Bertz CT molecular complexity index is 924. The van der Waals surface area contributed by atoms with Crippen molar-refractivity contribution in [3.8, 4) is 0 Å². The maximum atomic E-state index is 13.6. The summed E-state index contributed by atoms with van der Waals surface area (Å²) in [6, 6.07) is -2.81. The second kappa shape index (κ2) is 11.8. The van der Waals surface area contributed by atoms with Crippen LogP contribution in [0.3, 0.4) is 0 Å². The smallest absolute Gasteiger partial charge is 0.410 e. The molecule has 0 saturated carbocycles. The Morgan fingerprint density at radius 3 is 2.19 bits per heavy atom. The fraction of sp³-hybridized carbons (Fsp3) is 0.750. The summed E-state index contributed by atoms with van der Waals surface area (Å²) in [6.45, 7) is 11.9. The summed E-state index contributed by atoms with van der Waals surface area (Å²) in [5.41, 5.74) is 3.82. The van der Waals surface area contributed by atoms with Crippen LogP contribution in [0.25, 0.3) is 0 Å². The summed E-state index contributed by atoms with van der Waals surface area (Å²) in [5, 5.41) is 8.04. The SMILES string of the molecule is CC(C)(C)[C@H](NC(=O)N[C@H](CN1CCOC1=O)C(C)(C)C)C(=O)N1CCC[C@H]1C(=O)NCC(=O)C(N)=O. The van der Waals surface area contributed by atoms with Gasteiger partial charge in [-0.05, 0) is 23.7 Å². The molecule has 0 bridgehead atoms. The summed E-state index contributed by atoms with van der Waals surface area (Å²) < 4.78 is 4.99. The Labute approximate surface area is 217 Å². The molecule has 2 heterocycles. The highest BCUT2D eigenvalue weighted by molar-refractivity contribution is 6.36. The first kappa shape index (κ1) is 29.8. The third-order valence-electron chi connectivity index (χ3n) is 6.52. The first-order valence-corrected chi connectivity index (χ1v) is 12.4. The lowest BCUT2D eigenvalue weighted by Crippen LogP contribution is -2.61. The topological polar surface area (TPSA) is 180 Å². The molecule has 208 valence electrons. The lowest BCUT2D eigenvalue weighted by atomic mass is 9.85. The second-order valence-corrected chi connectivity index (χ2v) is 11.6. The summed E-state index contributed by atoms with van der Waals surface area (Å²) in [5.74, 6) is -3.09. The van der Waals surface area contributed by atoms with Gasteiger partial charge in [-0.15, -0.1) is 0 Å². The molecule has 0 aliphatic carbocycles. The van der Waals surface area contributed by atoms with E-state index in [-0.39, 0.29) is 6.54 Å². The first-order chi connectivity index (χ1) is 17.0. The van der Waals surface area contributed by atoms with Crippen molar-refractivity contribution in [2.75, 3.05) is 32.8 Å². The molecule has 0 aromatic carbocycles. The van der Waals surface area contributed by atoms with Crippen molar-refractivity contribution >= 4 is 35.6 Å². The van der Waals surface area contributed by atoms with Gasteiger partial charge >= 0.3 is 12.1 Å². The largest absolute Gasteiger partial charge is 0.448 e. The number of cyclic esters (lactones) is 1. The van der Waals surface area contributed by atoms with E-state index in [1.54, 1.807) is 20.8 Å². The van der Waals surface area contributed by atoms with Crippen LogP contribution in [0, 0.1) is 10.8 Å². The average molecular weight is 525 g/mol. The fourth-order valence-electron chi connectivity index (χ4n) is 4.17. The molecule has 2 rings (SSSR count). The maximum Gasteiger partial charge on any atom is 0.410 e. The summed E-state index contributed by atoms with van der Waals surface area (Å²) in [4.78, 5) is 76.6. The number of ether oxygens (including phenoxy) is 1. The van der Waals surface area contributed by atoms with E-state index in [9.17, 15) is 28.8 Å². The Morgan fingerprint density at radius 1 is 1.03 bits per heavy atom. The molecule has 37 heavy (non-hydrogen) atoms. The minimum absolute atomic E-state index is 0.252. The van der Waals surface area contributed by atoms with E-state index in [1.807, 2.05) is 20.8 Å². The van der Waals surface area contributed by atoms with E-state index in [1.165, 1.54) is 9.80 Å². The van der Waals surface area contributed by atoms with Crippen molar-refractivity contribution in [2.24, 2.45) is 16.6 Å². The molecule has 6 amide bonds. The predicted molar refractivity (Wildman–Crippen MR) is 133 cm³/mol. The molecule has 2 aliphatic rings. The third kappa shape index (κ3) is 8.05. The van der Waals surface area contributed by atoms with Gasteiger partial charge < -0.3 is 36.2 Å². The van der Waals surface area contributed by atoms with E-state index in [0.29, 0.717) is 32.5 Å². The molecule has 0 spiro atoms. The van der Waals surface area contributed by atoms with Gasteiger partial charge in [-0.2, -0.15) is 0 Å². The number of likely N-dealkylation sites (tertiary alicyclic amines) is 1. The Kier molecular flexibility index (Phi) is 9.50. The molecule has 0 aromatic rings. The van der Waals surface area contributed by atoms with Gasteiger partial charge in [0, 0.05) is 13.1 Å². The van der Waals surface area contributed by atoms with Gasteiger partial charge in [-0.1, -0.05) is 41.5 Å². The molecule has 5 N–H and O–H groups in total. The van der Waals surface area contributed by atoms with Gasteiger partial charge in [0.15, 0.2) is 0 Å². The molecule has 3 atom stereocenters. The number of rotatable bonds is 9. The average Bonchev–Trinajstić information content (AvgIpc) is 3.42. The highest BCUT2D eigenvalue weighted by atomic mass is 16.6. The monoisotopic (exact) mass is 524 g/mol. The van der Waals surface area contributed by atoms with E-state index in [0.717, 1.165) is 0 Å². The molecular weight excluding hydrogens is 484 g/mol. The van der Waals surface area contributed by atoms with Crippen molar-refractivity contribution in [1.82, 2.24) is 25.8 Å². The minimum Gasteiger partial charge on any atom is -0.448 e. The van der Waals surface area contributed by atoms with Gasteiger partial charge in [-0.3, -0.25) is 19.2 Å². The number of amides is 6. The standard InChI is InChI=1S/C24H40N6O7/c1-23(2,3)16(13-29-10-11-37-22(29)36)27-21(35)28-17(24(4,5)6)20(34)30-9-7-8-14(30)19(33)26-12-15(31)18(25)32/h14,16-17H,7-13H2,1-6H3,(H2,25,32)(H,26,33)(H2,27,28,35)/t14-,16+,17+/m0/s1. The maximum absolute atomic E-state index is 13.6. The third-order valence-corrected chi connectivity index (χ3v) is 6.52. The van der Waals surface area contributed by atoms with E-state index >= 15 is 0 Å². The molecule has 2 aliphatic heterocycles. The predicted octanol–water partition coefficient (Wildman–Crippen LogP) is -0.271. The lowest BCUT2D eigenvalue weighted by molar-refractivity contribution is -0.142. The summed E-state index contributed by atoms with van der Waals surface area (Å²) in [7, 11) is 0. The van der Waals surface area contributed by atoms with E-state index in [2.05, 4.69) is 16.0 Å². The summed E-state index contributed by atoms with van der Waals surface area (Å²) in [6.07, 6.45) is 0.507. The number of ketones is 1. The van der Waals surface area contributed by atoms with Crippen LogP contribution >= 0.6 is 0 Å². The van der Waals surface area contributed by atoms with Crippen molar-refractivity contribution in [3.05, 3.63) is 0 Å². The normalized spacial score (nSPS) is 19.6. The van der Waals surface area contributed by atoms with Crippen molar-refractivity contribution in [3.63, 3.8) is 0 Å². The van der Waals surface area contributed by atoms with Crippen LogP contribution < -0.4 is 21.7 Å². The Balaban J connectivity index is 2.12. The van der Waals surface area contributed by atoms with Gasteiger partial charge in [0.1, 0.15) is 18.7 Å². The minimum atomic E-state index is -1.15. The van der Waals surface area contributed by atoms with Gasteiger partial charge in [0.25, 0.3) is 5.91 Å². The quantitative estimate of drug-likeness (QED) is 0.300. The fourth-order valence-corrected chi connectivity index (χ4v) is 4.17. The molecule has 0 aromatic heterocycles. The number of hydrogen-bond donors (Lipinski definition) is 4. The number of hydrogen-bond acceptors (Lipinski definition) is 7. The molecule has 0 radical (unpaired) electrons. The zero-order chi connectivity index (χ0) is 28.1. The van der Waals surface area contributed by atoms with Gasteiger partial charge in [0.2, 0.25) is 17.6 Å². The molecule has 2 fully saturated rings. The summed E-state index contributed by atoms with van der Waals surface area (Å²) >= 11 is 0. The van der Waals surface area contributed by atoms with Crippen molar-refractivity contribution in [1.29, 1.82) is 0 Å². The Hall–Kier alpha value is -3.38. The van der Waals surface area contributed by atoms with E-state index in [4.69, 9.17) is 10.5 Å². The number of carbonyl (C=O) groups is 6. The molecule has 2 saturated heterocycles. The van der Waals surface area contributed by atoms with Crippen LogP contribution in [0.5, 0.6) is 0 Å². The first-order valence-electron chi connectivity index (χ1n) is 12.4. The van der Waals surface area contributed by atoms with Crippen LogP contribution in [0.2, 0.25) is 0 Å². The number of primary amides is 1. The van der Waals surface area contributed by atoms with Gasteiger partial charge in [0.05, 0.1) is 19.1 Å². The number of nitrogens with one attached hydrogen (secondary N) is 3. The van der Waals surface area contributed by atoms with Crippen LogP contribution in [0.1, 0.15) is 54.4 Å². The van der Waals surface area contributed by atoms with Crippen LogP contribution in [-0.2, 0) is 23.9 Å². The molecule has 13 heteroatoms. The second-order valence-electron chi connectivity index (χ2n) is 11.6. The van der Waals surface area contributed by atoms with Gasteiger partial charge in [-0.25, -0.2) is 9.59 Å². The molecular formula is C24H40N6O7.